The van der Waals surface area contributed by atoms with Crippen LogP contribution >= 0.6 is 0 Å². The highest BCUT2D eigenvalue weighted by Crippen LogP contribution is 2.20. The molecule has 0 spiro atoms. The smallest absolute Gasteiger partial charge is 0.352 e. The molecule has 91 heavy (non-hydrogen) atoms. The number of sulfonamides is 2. The van der Waals surface area contributed by atoms with Crippen molar-refractivity contribution in [1.29, 1.82) is 5.41 Å². The van der Waals surface area contributed by atoms with Crippen LogP contribution in [0.25, 0.3) is 5.70 Å². The van der Waals surface area contributed by atoms with E-state index in [1.54, 1.807) is 93.8 Å². The van der Waals surface area contributed by atoms with E-state index in [-0.39, 0.29) is 72.3 Å². The number of carbonyl (C=O) groups excluding carboxylic acids is 1. The first-order chi connectivity index (χ1) is 43.6. The van der Waals surface area contributed by atoms with Gasteiger partial charge in [0.05, 0.1) is 54.5 Å². The fourth-order valence-corrected chi connectivity index (χ4v) is 11.0. The SMILES string of the molecule is C1CCC2=NCCCN2CC1.CCOC(=O)C(=CN(C)C)S(=O)(=O)N(C)Cc1ccccc1.CN(Cc1ccccc1)S(=O)(=O)c1cnc(C(N)=CC(=NCc2ccccc2F)c2ccon2)[nH]c1=O.N=C(N)C(N)=CC(=NCc1ccccc1F)c1ccon1. The molecule has 1 saturated heterocycles. The molecular weight excluding hydrogens is 1210 g/mol. The number of carbonyl (C=O) groups is 1. The van der Waals surface area contributed by atoms with Crippen molar-refractivity contribution in [2.75, 3.05) is 54.4 Å². The molecule has 0 unspecified atom stereocenters. The number of halogens is 2. The van der Waals surface area contributed by atoms with Gasteiger partial charge in [0.2, 0.25) is 10.0 Å². The Morgan fingerprint density at radius 1 is 0.725 bits per heavy atom. The number of hydrogen-bond acceptors (Lipinski definition) is 20. The minimum absolute atomic E-state index is 0.00642. The summed E-state index contributed by atoms with van der Waals surface area (Å²) in [5.74, 6) is -0.564. The highest BCUT2D eigenvalue weighted by Gasteiger charge is 2.31. The van der Waals surface area contributed by atoms with Crippen molar-refractivity contribution < 1.29 is 44.2 Å². The number of rotatable bonds is 21. The van der Waals surface area contributed by atoms with Crippen LogP contribution in [0.15, 0.2) is 203 Å². The molecule has 2 aliphatic rings. The maximum Gasteiger partial charge on any atom is 0.352 e. The van der Waals surface area contributed by atoms with Gasteiger partial charge < -0.3 is 45.8 Å². The third-order valence-corrected chi connectivity index (χ3v) is 17.0. The molecule has 0 bridgehead atoms. The van der Waals surface area contributed by atoms with Gasteiger partial charge >= 0.3 is 5.97 Å². The second-order valence-corrected chi connectivity index (χ2v) is 24.5. The molecule has 0 amide bonds. The number of fused-ring (bicyclic) bond motifs is 1. The summed E-state index contributed by atoms with van der Waals surface area (Å²) in [4.78, 5) is 47.4. The van der Waals surface area contributed by atoms with Gasteiger partial charge in [0.15, 0.2) is 15.6 Å². The molecule has 0 radical (unpaired) electrons. The van der Waals surface area contributed by atoms with Gasteiger partial charge in [-0.2, -0.15) is 8.61 Å². The number of hydrogen-bond donors (Lipinski definition) is 5. The van der Waals surface area contributed by atoms with E-state index in [0.29, 0.717) is 28.2 Å². The van der Waals surface area contributed by atoms with E-state index in [1.165, 1.54) is 113 Å². The largest absolute Gasteiger partial charge is 0.462 e. The number of nitrogens with zero attached hydrogens (tertiary/aromatic N) is 10. The van der Waals surface area contributed by atoms with E-state index in [1.807, 2.05) is 36.4 Å². The zero-order valence-electron chi connectivity index (χ0n) is 51.2. The van der Waals surface area contributed by atoms with Crippen molar-refractivity contribution in [3.05, 3.63) is 230 Å². The predicted molar refractivity (Wildman–Crippen MR) is 345 cm³/mol. The summed E-state index contributed by atoms with van der Waals surface area (Å²) in [5.41, 5.74) is 20.0. The maximum absolute atomic E-state index is 14.0. The van der Waals surface area contributed by atoms with Crippen LogP contribution in [0.4, 0.5) is 8.78 Å². The number of aromatic amines is 1. The van der Waals surface area contributed by atoms with Gasteiger partial charge in [0.25, 0.3) is 15.6 Å². The fraction of sp³-hybridized carbons (Fsp3) is 0.286. The molecule has 7 aromatic rings. The Morgan fingerprint density at radius 3 is 1.76 bits per heavy atom. The molecule has 8 N–H and O–H groups in total. The number of nitrogens with two attached hydrogens (primary N) is 3. The first kappa shape index (κ1) is 70.3. The summed E-state index contributed by atoms with van der Waals surface area (Å²) >= 11 is 0. The number of benzene rings is 4. The number of nitrogens with one attached hydrogen (secondary N) is 2. The summed E-state index contributed by atoms with van der Waals surface area (Å²) in [7, 11) is -1.96. The van der Waals surface area contributed by atoms with Crippen LogP contribution in [-0.4, -0.2) is 139 Å². The van der Waals surface area contributed by atoms with Crippen LogP contribution in [0.3, 0.4) is 0 Å². The Bertz CT molecular complexity index is 3990. The second kappa shape index (κ2) is 34.8. The zero-order chi connectivity index (χ0) is 65.9. The number of ether oxygens (including phenoxy) is 1. The quantitative estimate of drug-likeness (QED) is 0.0203. The fourth-order valence-electron chi connectivity index (χ4n) is 8.63. The molecule has 2 aliphatic heterocycles. The van der Waals surface area contributed by atoms with E-state index in [4.69, 9.17) is 36.4 Å². The maximum atomic E-state index is 14.0. The number of H-pyrrole nitrogens is 1. The van der Waals surface area contributed by atoms with Gasteiger partial charge in [0, 0.05) is 96.8 Å². The molecule has 482 valence electrons. The third kappa shape index (κ3) is 21.5. The lowest BCUT2D eigenvalue weighted by atomic mass is 10.2. The van der Waals surface area contributed by atoms with Gasteiger partial charge in [-0.25, -0.2) is 35.4 Å². The minimum Gasteiger partial charge on any atom is -0.462 e. The minimum atomic E-state index is -4.13. The van der Waals surface area contributed by atoms with Crippen molar-refractivity contribution in [3.8, 4) is 0 Å². The Hall–Kier alpha value is -9.77. The normalized spacial score (nSPS) is 14.1. The van der Waals surface area contributed by atoms with Gasteiger partial charge in [-0.05, 0) is 61.6 Å². The lowest BCUT2D eigenvalue weighted by Gasteiger charge is -2.27. The van der Waals surface area contributed by atoms with Crippen LogP contribution in [0.1, 0.15) is 78.5 Å². The van der Waals surface area contributed by atoms with Crippen LogP contribution in [0.5, 0.6) is 0 Å². The first-order valence-corrected chi connectivity index (χ1v) is 31.6. The van der Waals surface area contributed by atoms with Crippen molar-refractivity contribution in [1.82, 2.24) is 38.7 Å². The summed E-state index contributed by atoms with van der Waals surface area (Å²) in [6.45, 7) is 5.69. The summed E-state index contributed by atoms with van der Waals surface area (Å²) in [5, 5.41) is 14.9. The molecule has 28 heteroatoms. The van der Waals surface area contributed by atoms with E-state index in [0.717, 1.165) is 32.5 Å². The lowest BCUT2D eigenvalue weighted by Crippen LogP contribution is -2.34. The molecule has 0 saturated carbocycles. The lowest BCUT2D eigenvalue weighted by molar-refractivity contribution is -0.137. The molecule has 24 nitrogen and oxygen atoms in total. The van der Waals surface area contributed by atoms with Gasteiger partial charge in [-0.3, -0.25) is 25.2 Å². The summed E-state index contributed by atoms with van der Waals surface area (Å²) < 4.78 is 95.4. The van der Waals surface area contributed by atoms with E-state index < -0.39 is 42.3 Å². The molecule has 1 fully saturated rings. The van der Waals surface area contributed by atoms with Crippen LogP contribution in [0.2, 0.25) is 0 Å². The van der Waals surface area contributed by atoms with Crippen molar-refractivity contribution in [2.45, 2.75) is 70.1 Å². The predicted octanol–water partition coefficient (Wildman–Crippen LogP) is 7.37. The van der Waals surface area contributed by atoms with Gasteiger partial charge in [-0.15, -0.1) is 0 Å². The summed E-state index contributed by atoms with van der Waals surface area (Å²) in [6.07, 6.45) is 14.4. The van der Waals surface area contributed by atoms with Gasteiger partial charge in [-0.1, -0.05) is 114 Å². The first-order valence-electron chi connectivity index (χ1n) is 28.7. The number of aliphatic imine (C=N–C) groups is 3. The molecule has 0 atom stereocenters. The van der Waals surface area contributed by atoms with Gasteiger partial charge in [0.1, 0.15) is 41.4 Å². The number of aromatic nitrogens is 4. The topological polar surface area (TPSA) is 344 Å². The Labute approximate surface area is 527 Å². The molecule has 9 rings (SSSR count). The van der Waals surface area contributed by atoms with E-state index in [2.05, 4.69) is 40.2 Å². The third-order valence-electron chi connectivity index (χ3n) is 13.4. The van der Waals surface area contributed by atoms with Crippen molar-refractivity contribution in [2.24, 2.45) is 32.2 Å². The number of amidine groups is 2. The standard InChI is InChI=1S/C25H23FN6O4S.C15H22N2O4S.C14H14FN5O.C9H16N2/c1-32(16-17-7-3-2-4-8-17)37(34,35)23-15-29-24(30-25(23)33)20(27)13-22(21-11-12-36-31-21)28-14-18-9-5-6-10-19(18)26;1-5-21-15(18)14(12-16(2)3)22(19,20)17(4)11-13-9-7-6-8-10-13;15-10-4-2-1-3-9(10)8-19-13(7-11(16)14(17)18)12-5-6-21-20-12;1-2-5-9-10-6-4-8-11(9)7-3-1/h2-13,15H,14,16,27H2,1H3,(H,29,30,33);6-10,12H,5,11H2,1-4H3;1-7H,8,16H2,(H3,17,18);1-8H2. The molecule has 3 aromatic heterocycles. The highest BCUT2D eigenvalue weighted by atomic mass is 32.2. The molecular formula is C63H75F2N15O9S2. The molecule has 0 aliphatic carbocycles. The Kier molecular flexibility index (Phi) is 26.9. The molecule has 5 heterocycles. The van der Waals surface area contributed by atoms with E-state index >= 15 is 0 Å². The highest BCUT2D eigenvalue weighted by molar-refractivity contribution is 7.94. The second-order valence-electron chi connectivity index (χ2n) is 20.5. The van der Waals surface area contributed by atoms with E-state index in [9.17, 15) is 35.2 Å². The number of esters is 1. The van der Waals surface area contributed by atoms with Crippen LogP contribution in [-0.2, 0) is 55.8 Å². The Balaban J connectivity index is 0.000000209. The van der Waals surface area contributed by atoms with Crippen LogP contribution in [0, 0.1) is 17.0 Å². The van der Waals surface area contributed by atoms with Crippen molar-refractivity contribution >= 4 is 54.8 Å². The average molecular weight is 1290 g/mol. The monoisotopic (exact) mass is 1290 g/mol. The molecule has 4 aromatic carbocycles. The average Bonchev–Trinajstić information content (AvgIpc) is 1.88. The Morgan fingerprint density at radius 2 is 1.25 bits per heavy atom. The summed E-state index contributed by atoms with van der Waals surface area (Å²) in [6, 6.07) is 33.8. The number of allylic oxidation sites excluding steroid dienone is 2. The van der Waals surface area contributed by atoms with Crippen molar-refractivity contribution in [3.63, 3.8) is 0 Å². The zero-order valence-corrected chi connectivity index (χ0v) is 52.8. The van der Waals surface area contributed by atoms with Crippen LogP contribution < -0.4 is 22.8 Å².